The van der Waals surface area contributed by atoms with Crippen LogP contribution in [-0.2, 0) is 32.2 Å². The number of hydrogen-bond donors (Lipinski definition) is 1. The van der Waals surface area contributed by atoms with E-state index in [4.69, 9.17) is 9.47 Å². The number of halogens is 6. The molecule has 0 aliphatic rings. The Morgan fingerprint density at radius 2 is 1.43 bits per heavy atom. The first-order valence-electron chi connectivity index (χ1n) is 10.4. The first-order chi connectivity index (χ1) is 16.0. The van der Waals surface area contributed by atoms with Gasteiger partial charge >= 0.3 is 18.4 Å². The molecule has 35 heavy (non-hydrogen) atoms. The summed E-state index contributed by atoms with van der Waals surface area (Å²) in [5, 5.41) is 2.42. The lowest BCUT2D eigenvalue weighted by molar-refractivity contribution is -0.143. The molecule has 0 aromatic heterocycles. The number of amides is 1. The van der Waals surface area contributed by atoms with Crippen LogP contribution in [0.5, 0.6) is 0 Å². The second-order valence-corrected chi connectivity index (χ2v) is 8.87. The second kappa shape index (κ2) is 10.3. The number of carbonyl (C=O) groups is 2. The van der Waals surface area contributed by atoms with E-state index in [0.717, 1.165) is 0 Å². The zero-order valence-corrected chi connectivity index (χ0v) is 19.4. The molecular weight excluding hydrogens is 480 g/mol. The zero-order chi connectivity index (χ0) is 26.7. The Labute approximate surface area is 198 Å². The van der Waals surface area contributed by atoms with Crippen LogP contribution in [0.1, 0.15) is 56.1 Å². The van der Waals surface area contributed by atoms with E-state index in [1.807, 2.05) is 0 Å². The molecular formula is C24H25F6NO4. The number of aldehydes is 1. The van der Waals surface area contributed by atoms with Crippen molar-refractivity contribution in [1.82, 2.24) is 5.32 Å². The Morgan fingerprint density at radius 1 is 0.914 bits per heavy atom. The van der Waals surface area contributed by atoms with E-state index in [2.05, 4.69) is 5.32 Å². The summed E-state index contributed by atoms with van der Waals surface area (Å²) in [6, 6.07) is 8.93. The number of carbonyl (C=O) groups excluding carboxylic acids is 2. The van der Waals surface area contributed by atoms with E-state index in [1.54, 1.807) is 39.0 Å². The van der Waals surface area contributed by atoms with Crippen LogP contribution in [0.15, 0.2) is 48.5 Å². The number of hydrogen-bond acceptors (Lipinski definition) is 4. The summed E-state index contributed by atoms with van der Waals surface area (Å²) >= 11 is 0. The predicted molar refractivity (Wildman–Crippen MR) is 114 cm³/mol. The highest BCUT2D eigenvalue weighted by Gasteiger charge is 2.39. The summed E-state index contributed by atoms with van der Waals surface area (Å²) in [4.78, 5) is 24.6. The second-order valence-electron chi connectivity index (χ2n) is 8.87. The van der Waals surface area contributed by atoms with Gasteiger partial charge in [0, 0.05) is 0 Å². The predicted octanol–water partition coefficient (Wildman–Crippen LogP) is 6.42. The van der Waals surface area contributed by atoms with Crippen LogP contribution >= 0.6 is 0 Å². The fourth-order valence-electron chi connectivity index (χ4n) is 3.11. The van der Waals surface area contributed by atoms with Crippen LogP contribution in [0.3, 0.4) is 0 Å². The largest absolute Gasteiger partial charge is 0.444 e. The van der Waals surface area contributed by atoms with Gasteiger partial charge in [0.05, 0.1) is 23.8 Å². The van der Waals surface area contributed by atoms with Crippen LogP contribution in [0.25, 0.3) is 0 Å². The molecule has 2 atom stereocenters. The molecule has 0 saturated carbocycles. The third-order valence-electron chi connectivity index (χ3n) is 4.85. The fraction of sp³-hybridized carbons (Fsp3) is 0.417. The van der Waals surface area contributed by atoms with Gasteiger partial charge in [-0.1, -0.05) is 30.3 Å². The summed E-state index contributed by atoms with van der Waals surface area (Å²) in [6.45, 7) is 5.44. The summed E-state index contributed by atoms with van der Waals surface area (Å²) < 4.78 is 90.0. The SMILES string of the molecule is C[C@@H](OC[C@@](C=O)(NC(=O)OC(C)(C)C)c1ccccc1)c1cc(C(F)(F)F)cc(C(F)(F)F)c1. The molecule has 1 amide bonds. The summed E-state index contributed by atoms with van der Waals surface area (Å²) in [6.07, 6.45) is -12.0. The molecule has 0 saturated heterocycles. The smallest absolute Gasteiger partial charge is 0.416 e. The van der Waals surface area contributed by atoms with Crippen molar-refractivity contribution in [2.75, 3.05) is 6.61 Å². The van der Waals surface area contributed by atoms with Gasteiger partial charge in [0.25, 0.3) is 0 Å². The van der Waals surface area contributed by atoms with Gasteiger partial charge in [0.1, 0.15) is 11.1 Å². The lowest BCUT2D eigenvalue weighted by Crippen LogP contribution is -2.52. The number of ether oxygens (including phenoxy) is 2. The van der Waals surface area contributed by atoms with Crippen molar-refractivity contribution in [3.8, 4) is 0 Å². The highest BCUT2D eigenvalue weighted by molar-refractivity contribution is 5.78. The topological polar surface area (TPSA) is 64.6 Å². The van der Waals surface area contributed by atoms with Gasteiger partial charge in [-0.05, 0) is 57.0 Å². The van der Waals surface area contributed by atoms with E-state index in [9.17, 15) is 35.9 Å². The van der Waals surface area contributed by atoms with Gasteiger partial charge in [-0.2, -0.15) is 26.3 Å². The van der Waals surface area contributed by atoms with E-state index < -0.39 is 59.0 Å². The molecule has 2 rings (SSSR count). The molecule has 0 spiro atoms. The van der Waals surface area contributed by atoms with Gasteiger partial charge in [0.2, 0.25) is 0 Å². The third-order valence-corrected chi connectivity index (χ3v) is 4.85. The van der Waals surface area contributed by atoms with Gasteiger partial charge in [-0.3, -0.25) is 0 Å². The molecule has 0 unspecified atom stereocenters. The molecule has 0 aliphatic heterocycles. The monoisotopic (exact) mass is 505 g/mol. The molecule has 0 fully saturated rings. The maximum atomic E-state index is 13.2. The normalized spacial score (nSPS) is 15.1. The van der Waals surface area contributed by atoms with Crippen molar-refractivity contribution in [2.24, 2.45) is 0 Å². The maximum absolute atomic E-state index is 13.2. The number of rotatable bonds is 7. The Hall–Kier alpha value is -3.08. The number of nitrogens with one attached hydrogen (secondary N) is 1. The molecule has 0 aliphatic carbocycles. The van der Waals surface area contributed by atoms with Gasteiger partial charge in [0.15, 0.2) is 6.29 Å². The highest BCUT2D eigenvalue weighted by Crippen LogP contribution is 2.38. The molecule has 1 N–H and O–H groups in total. The van der Waals surface area contributed by atoms with Crippen LogP contribution in [-0.4, -0.2) is 24.6 Å². The van der Waals surface area contributed by atoms with Crippen LogP contribution in [0.4, 0.5) is 31.1 Å². The molecule has 0 bridgehead atoms. The Kier molecular flexibility index (Phi) is 8.26. The van der Waals surface area contributed by atoms with Crippen molar-refractivity contribution < 1.29 is 45.4 Å². The Bertz CT molecular complexity index is 999. The first-order valence-corrected chi connectivity index (χ1v) is 10.4. The summed E-state index contributed by atoms with van der Waals surface area (Å²) in [5.74, 6) is 0. The average Bonchev–Trinajstić information content (AvgIpc) is 2.74. The molecule has 0 heterocycles. The van der Waals surface area contributed by atoms with E-state index in [1.165, 1.54) is 19.1 Å². The minimum absolute atomic E-state index is 0.0139. The van der Waals surface area contributed by atoms with Gasteiger partial charge in [-0.15, -0.1) is 0 Å². The summed E-state index contributed by atoms with van der Waals surface area (Å²) in [5.41, 5.74) is -5.85. The zero-order valence-electron chi connectivity index (χ0n) is 19.4. The van der Waals surface area contributed by atoms with Crippen molar-refractivity contribution in [3.63, 3.8) is 0 Å². The lowest BCUT2D eigenvalue weighted by atomic mass is 9.92. The minimum atomic E-state index is -5.02. The number of alkyl halides is 6. The van der Waals surface area contributed by atoms with Crippen LogP contribution in [0, 0.1) is 0 Å². The Morgan fingerprint density at radius 3 is 1.86 bits per heavy atom. The van der Waals surface area contributed by atoms with Gasteiger partial charge < -0.3 is 19.6 Å². The quantitative estimate of drug-likeness (QED) is 0.348. The van der Waals surface area contributed by atoms with Crippen LogP contribution in [0.2, 0.25) is 0 Å². The van der Waals surface area contributed by atoms with Crippen LogP contribution < -0.4 is 5.32 Å². The molecule has 0 radical (unpaired) electrons. The van der Waals surface area contributed by atoms with Crippen molar-refractivity contribution >= 4 is 12.4 Å². The molecule has 2 aromatic rings. The maximum Gasteiger partial charge on any atom is 0.416 e. The lowest BCUT2D eigenvalue weighted by Gasteiger charge is -2.32. The summed E-state index contributed by atoms with van der Waals surface area (Å²) in [7, 11) is 0. The Balaban J connectivity index is 2.41. The average molecular weight is 505 g/mol. The van der Waals surface area contributed by atoms with E-state index in [-0.39, 0.29) is 11.6 Å². The van der Waals surface area contributed by atoms with Gasteiger partial charge in [-0.25, -0.2) is 4.79 Å². The van der Waals surface area contributed by atoms with Crippen molar-refractivity contribution in [3.05, 3.63) is 70.8 Å². The highest BCUT2D eigenvalue weighted by atomic mass is 19.4. The number of benzene rings is 2. The molecule has 192 valence electrons. The van der Waals surface area contributed by atoms with Crippen molar-refractivity contribution in [1.29, 1.82) is 0 Å². The van der Waals surface area contributed by atoms with Crippen molar-refractivity contribution in [2.45, 2.75) is 57.3 Å². The standard InChI is InChI=1S/C24H25F6NO4/c1-15(16-10-18(23(25,26)27)12-19(11-16)24(28,29)30)34-14-22(13-32,17-8-6-5-7-9-17)31-20(33)35-21(2,3)4/h5-13,15H,14H2,1-4H3,(H,31,33)/t15-,22-/m1/s1. The molecule has 11 heteroatoms. The number of alkyl carbamates (subject to hydrolysis) is 1. The van der Waals surface area contributed by atoms with E-state index >= 15 is 0 Å². The third kappa shape index (κ3) is 7.71. The fourth-order valence-corrected chi connectivity index (χ4v) is 3.11. The molecule has 5 nitrogen and oxygen atoms in total. The first kappa shape index (κ1) is 28.2. The molecule has 2 aromatic carbocycles. The van der Waals surface area contributed by atoms with E-state index in [0.29, 0.717) is 18.4 Å². The minimum Gasteiger partial charge on any atom is -0.444 e.